The van der Waals surface area contributed by atoms with Crippen LogP contribution in [0.2, 0.25) is 5.02 Å². The topological polar surface area (TPSA) is 42.7 Å². The van der Waals surface area contributed by atoms with Crippen molar-refractivity contribution in [3.05, 3.63) is 46.5 Å². The van der Waals surface area contributed by atoms with E-state index in [0.717, 1.165) is 22.1 Å². The zero-order chi connectivity index (χ0) is 13.1. The molecular formula is C13H17ClN4. The minimum Gasteiger partial charge on any atom is -0.303 e. The molecule has 0 saturated heterocycles. The van der Waals surface area contributed by atoms with Gasteiger partial charge in [0.2, 0.25) is 0 Å². The van der Waals surface area contributed by atoms with Crippen LogP contribution in [0.5, 0.6) is 0 Å². The number of hydrogen-bond acceptors (Lipinski definition) is 3. The Morgan fingerprint density at radius 2 is 2.22 bits per heavy atom. The summed E-state index contributed by atoms with van der Waals surface area (Å²) in [6, 6.07) is 6.09. The standard InChI is InChI=1S/C13H17ClN4/c1-9(11-6-4-5-7-15-11)16-8-12-13(14)10(2)17-18(12)3/h4-7,9,16H,8H2,1-3H3. The molecule has 18 heavy (non-hydrogen) atoms. The van der Waals surface area contributed by atoms with Crippen LogP contribution in [0.3, 0.4) is 0 Å². The molecule has 0 aromatic carbocycles. The van der Waals surface area contributed by atoms with Crippen LogP contribution in [0.25, 0.3) is 0 Å². The van der Waals surface area contributed by atoms with Gasteiger partial charge in [0.25, 0.3) is 0 Å². The van der Waals surface area contributed by atoms with Gasteiger partial charge in [0.15, 0.2) is 0 Å². The van der Waals surface area contributed by atoms with Gasteiger partial charge in [-0.15, -0.1) is 0 Å². The number of nitrogens with zero attached hydrogens (tertiary/aromatic N) is 3. The molecule has 1 atom stereocenters. The van der Waals surface area contributed by atoms with Crippen molar-refractivity contribution in [1.29, 1.82) is 0 Å². The largest absolute Gasteiger partial charge is 0.303 e. The molecule has 2 aromatic rings. The van der Waals surface area contributed by atoms with Crippen LogP contribution in [-0.2, 0) is 13.6 Å². The summed E-state index contributed by atoms with van der Waals surface area (Å²) >= 11 is 6.20. The van der Waals surface area contributed by atoms with Gasteiger partial charge in [-0.25, -0.2) is 0 Å². The molecule has 96 valence electrons. The number of rotatable bonds is 4. The van der Waals surface area contributed by atoms with Crippen molar-refractivity contribution < 1.29 is 0 Å². The van der Waals surface area contributed by atoms with E-state index in [1.54, 1.807) is 6.20 Å². The molecule has 1 unspecified atom stereocenters. The number of aryl methyl sites for hydroxylation is 2. The highest BCUT2D eigenvalue weighted by molar-refractivity contribution is 6.31. The van der Waals surface area contributed by atoms with Crippen molar-refractivity contribution in [2.24, 2.45) is 7.05 Å². The summed E-state index contributed by atoms with van der Waals surface area (Å²) < 4.78 is 1.82. The number of pyridine rings is 1. The van der Waals surface area contributed by atoms with Crippen molar-refractivity contribution >= 4 is 11.6 Å². The third-order valence-electron chi connectivity index (χ3n) is 2.97. The molecule has 0 aliphatic carbocycles. The van der Waals surface area contributed by atoms with Gasteiger partial charge in [0.05, 0.1) is 22.1 Å². The lowest BCUT2D eigenvalue weighted by Crippen LogP contribution is -2.20. The fourth-order valence-electron chi connectivity index (χ4n) is 1.86. The van der Waals surface area contributed by atoms with Gasteiger partial charge in [-0.3, -0.25) is 9.67 Å². The molecular weight excluding hydrogens is 248 g/mol. The molecule has 4 nitrogen and oxygen atoms in total. The van der Waals surface area contributed by atoms with E-state index in [0.29, 0.717) is 6.54 Å². The Labute approximate surface area is 112 Å². The number of halogens is 1. The van der Waals surface area contributed by atoms with Crippen molar-refractivity contribution in [2.75, 3.05) is 0 Å². The predicted octanol–water partition coefficient (Wildman–Crippen LogP) is 2.63. The van der Waals surface area contributed by atoms with E-state index in [1.165, 1.54) is 0 Å². The fourth-order valence-corrected chi connectivity index (χ4v) is 2.09. The van der Waals surface area contributed by atoms with Crippen LogP contribution in [0.15, 0.2) is 24.4 Å². The van der Waals surface area contributed by atoms with E-state index in [1.807, 2.05) is 36.9 Å². The van der Waals surface area contributed by atoms with Crippen molar-refractivity contribution in [2.45, 2.75) is 26.4 Å². The van der Waals surface area contributed by atoms with Crippen LogP contribution < -0.4 is 5.32 Å². The molecule has 0 amide bonds. The normalized spacial score (nSPS) is 12.7. The Balaban J connectivity index is 2.04. The predicted molar refractivity (Wildman–Crippen MR) is 72.4 cm³/mol. The summed E-state index contributed by atoms with van der Waals surface area (Å²) in [4.78, 5) is 4.32. The molecule has 5 heteroatoms. The summed E-state index contributed by atoms with van der Waals surface area (Å²) in [5, 5.41) is 8.43. The molecule has 0 aliphatic heterocycles. The van der Waals surface area contributed by atoms with Crippen LogP contribution in [0, 0.1) is 6.92 Å². The highest BCUT2D eigenvalue weighted by Crippen LogP contribution is 2.20. The second-order valence-electron chi connectivity index (χ2n) is 4.33. The minimum absolute atomic E-state index is 0.178. The SMILES string of the molecule is Cc1nn(C)c(CNC(C)c2ccccn2)c1Cl. The Morgan fingerprint density at radius 3 is 2.78 bits per heavy atom. The number of hydrogen-bond donors (Lipinski definition) is 1. The molecule has 0 saturated carbocycles. The monoisotopic (exact) mass is 264 g/mol. The van der Waals surface area contributed by atoms with Gasteiger partial charge < -0.3 is 5.32 Å². The highest BCUT2D eigenvalue weighted by Gasteiger charge is 2.12. The van der Waals surface area contributed by atoms with Crippen molar-refractivity contribution in [3.8, 4) is 0 Å². The van der Waals surface area contributed by atoms with Crippen LogP contribution in [0.4, 0.5) is 0 Å². The average molecular weight is 265 g/mol. The first-order valence-electron chi connectivity index (χ1n) is 5.92. The zero-order valence-corrected chi connectivity index (χ0v) is 11.6. The molecule has 2 heterocycles. The lowest BCUT2D eigenvalue weighted by Gasteiger charge is -2.13. The number of aromatic nitrogens is 3. The second-order valence-corrected chi connectivity index (χ2v) is 4.70. The first-order chi connectivity index (χ1) is 8.59. The van der Waals surface area contributed by atoms with Gasteiger partial charge in [0.1, 0.15) is 0 Å². The van der Waals surface area contributed by atoms with Gasteiger partial charge in [0, 0.05) is 25.8 Å². The first-order valence-corrected chi connectivity index (χ1v) is 6.29. The molecule has 1 N–H and O–H groups in total. The van der Waals surface area contributed by atoms with E-state index < -0.39 is 0 Å². The van der Waals surface area contributed by atoms with E-state index in [-0.39, 0.29) is 6.04 Å². The van der Waals surface area contributed by atoms with Crippen molar-refractivity contribution in [3.63, 3.8) is 0 Å². The Bertz CT molecular complexity index is 521. The van der Waals surface area contributed by atoms with Crippen LogP contribution in [0.1, 0.15) is 30.0 Å². The third-order valence-corrected chi connectivity index (χ3v) is 3.46. The smallest absolute Gasteiger partial charge is 0.0860 e. The molecule has 2 aromatic heterocycles. The van der Waals surface area contributed by atoms with Gasteiger partial charge in [-0.05, 0) is 26.0 Å². The quantitative estimate of drug-likeness (QED) is 0.923. The molecule has 0 spiro atoms. The molecule has 0 bridgehead atoms. The van der Waals surface area contributed by atoms with Crippen molar-refractivity contribution in [1.82, 2.24) is 20.1 Å². The Kier molecular flexibility index (Phi) is 3.99. The maximum Gasteiger partial charge on any atom is 0.0860 e. The Morgan fingerprint density at radius 1 is 1.44 bits per heavy atom. The van der Waals surface area contributed by atoms with E-state index in [2.05, 4.69) is 22.3 Å². The van der Waals surface area contributed by atoms with Gasteiger partial charge in [-0.2, -0.15) is 5.10 Å². The van der Waals surface area contributed by atoms with Gasteiger partial charge in [-0.1, -0.05) is 17.7 Å². The minimum atomic E-state index is 0.178. The van der Waals surface area contributed by atoms with Crippen LogP contribution in [-0.4, -0.2) is 14.8 Å². The average Bonchev–Trinajstić information content (AvgIpc) is 2.62. The zero-order valence-electron chi connectivity index (χ0n) is 10.8. The van der Waals surface area contributed by atoms with E-state index >= 15 is 0 Å². The maximum absolute atomic E-state index is 6.20. The second kappa shape index (κ2) is 5.50. The summed E-state index contributed by atoms with van der Waals surface area (Å²) in [7, 11) is 1.90. The summed E-state index contributed by atoms with van der Waals surface area (Å²) in [6.07, 6.45) is 1.80. The highest BCUT2D eigenvalue weighted by atomic mass is 35.5. The summed E-state index contributed by atoms with van der Waals surface area (Å²) in [5.74, 6) is 0. The third kappa shape index (κ3) is 2.71. The van der Waals surface area contributed by atoms with E-state index in [4.69, 9.17) is 11.6 Å². The summed E-state index contributed by atoms with van der Waals surface area (Å²) in [5.41, 5.74) is 2.88. The van der Waals surface area contributed by atoms with Crippen LogP contribution >= 0.6 is 11.6 Å². The fraction of sp³-hybridized carbons (Fsp3) is 0.385. The Hall–Kier alpha value is -1.39. The molecule has 0 radical (unpaired) electrons. The molecule has 0 aliphatic rings. The lowest BCUT2D eigenvalue weighted by atomic mass is 10.2. The lowest BCUT2D eigenvalue weighted by molar-refractivity contribution is 0.538. The molecule has 0 fully saturated rings. The molecule has 2 rings (SSSR count). The van der Waals surface area contributed by atoms with Gasteiger partial charge >= 0.3 is 0 Å². The first kappa shape index (κ1) is 13.1. The van der Waals surface area contributed by atoms with E-state index in [9.17, 15) is 0 Å². The maximum atomic E-state index is 6.20. The number of nitrogens with one attached hydrogen (secondary N) is 1. The summed E-state index contributed by atoms with van der Waals surface area (Å²) in [6.45, 7) is 4.67.